The minimum Gasteiger partial charge on any atom is -0.508 e. The van der Waals surface area contributed by atoms with Crippen molar-refractivity contribution >= 4 is 11.6 Å². The van der Waals surface area contributed by atoms with Crippen LogP contribution in [0.3, 0.4) is 0 Å². The predicted molar refractivity (Wildman–Crippen MR) is 120 cm³/mol. The van der Waals surface area contributed by atoms with Crippen molar-refractivity contribution in [3.63, 3.8) is 0 Å². The van der Waals surface area contributed by atoms with Crippen LogP contribution in [0.25, 0.3) is 0 Å². The second-order valence-electron chi connectivity index (χ2n) is 6.05. The number of benzene rings is 2. The van der Waals surface area contributed by atoms with Gasteiger partial charge in [0.05, 0.1) is 0 Å². The fraction of sp³-hybridized carbons (Fsp3) is 0.240. The molecule has 29 heavy (non-hydrogen) atoms. The molecule has 4 heteroatoms. The van der Waals surface area contributed by atoms with E-state index < -0.39 is 0 Å². The molecule has 3 rings (SSSR count). The zero-order valence-electron chi connectivity index (χ0n) is 18.1. The summed E-state index contributed by atoms with van der Waals surface area (Å²) in [6.07, 6.45) is 3.57. The van der Waals surface area contributed by atoms with Crippen molar-refractivity contribution in [3.8, 4) is 5.75 Å². The first kappa shape index (κ1) is 25.7. The number of aromatic hydroxyl groups is 1. The number of hydrogen-bond acceptors (Lipinski definition) is 4. The van der Waals surface area contributed by atoms with Crippen LogP contribution in [0.4, 0.5) is 0 Å². The molecule has 2 aromatic carbocycles. The highest BCUT2D eigenvalue weighted by Crippen LogP contribution is 2.09. The normalized spacial score (nSPS) is 8.76. The number of aryl methyl sites for hydroxylation is 2. The molecule has 1 aromatic heterocycles. The highest BCUT2D eigenvalue weighted by molar-refractivity contribution is 5.94. The first-order valence-electron chi connectivity index (χ1n) is 9.54. The smallest absolute Gasteiger partial charge is 0.159 e. The zero-order valence-corrected chi connectivity index (χ0v) is 18.1. The molecule has 0 saturated carbocycles. The van der Waals surface area contributed by atoms with Crippen LogP contribution >= 0.6 is 0 Å². The van der Waals surface area contributed by atoms with Crippen LogP contribution in [0, 0.1) is 13.8 Å². The monoisotopic (exact) mass is 393 g/mol. The molecule has 1 heterocycles. The van der Waals surface area contributed by atoms with Crippen molar-refractivity contribution in [2.24, 2.45) is 0 Å². The highest BCUT2D eigenvalue weighted by atomic mass is 16.3. The van der Waals surface area contributed by atoms with E-state index in [1.54, 1.807) is 31.5 Å². The summed E-state index contributed by atoms with van der Waals surface area (Å²) in [5.41, 5.74) is 3.81. The molecule has 0 aliphatic rings. The topological polar surface area (TPSA) is 67.3 Å². The molecule has 0 fully saturated rings. The van der Waals surface area contributed by atoms with Crippen LogP contribution in [0.5, 0.6) is 5.75 Å². The lowest BCUT2D eigenvalue weighted by atomic mass is 10.1. The predicted octanol–water partition coefficient (Wildman–Crippen LogP) is 6.21. The number of hydrogen-bond donors (Lipinski definition) is 1. The third-order valence-electron chi connectivity index (χ3n) is 3.55. The number of Topliss-reactive ketones (excluding diaryl/α,β-unsaturated/α-hetero) is 2. The van der Waals surface area contributed by atoms with Gasteiger partial charge in [-0.15, -0.1) is 0 Å². The van der Waals surface area contributed by atoms with Gasteiger partial charge in [0.1, 0.15) is 5.75 Å². The number of carbonyl (C=O) groups is 2. The van der Waals surface area contributed by atoms with Crippen LogP contribution in [0.2, 0.25) is 0 Å². The number of rotatable bonds is 2. The molecule has 0 saturated heterocycles. The Morgan fingerprint density at radius 2 is 1.24 bits per heavy atom. The summed E-state index contributed by atoms with van der Waals surface area (Å²) < 4.78 is 0. The molecule has 4 nitrogen and oxygen atoms in total. The van der Waals surface area contributed by atoms with Gasteiger partial charge in [0, 0.05) is 23.5 Å². The van der Waals surface area contributed by atoms with Gasteiger partial charge < -0.3 is 5.11 Å². The molecular weight excluding hydrogens is 362 g/mol. The van der Waals surface area contributed by atoms with Crippen molar-refractivity contribution in [2.75, 3.05) is 0 Å². The van der Waals surface area contributed by atoms with E-state index in [2.05, 4.69) is 4.98 Å². The van der Waals surface area contributed by atoms with E-state index in [-0.39, 0.29) is 17.3 Å². The summed E-state index contributed by atoms with van der Waals surface area (Å²) in [6, 6.07) is 17.7. The largest absolute Gasteiger partial charge is 0.508 e. The minimum absolute atomic E-state index is 0.0139. The summed E-state index contributed by atoms with van der Waals surface area (Å²) in [4.78, 5) is 25.3. The lowest BCUT2D eigenvalue weighted by Crippen LogP contribution is -1.90. The van der Waals surface area contributed by atoms with E-state index in [9.17, 15) is 9.59 Å². The average Bonchev–Trinajstić information content (AvgIpc) is 2.71. The third-order valence-corrected chi connectivity index (χ3v) is 3.55. The second kappa shape index (κ2) is 14.7. The maximum atomic E-state index is 10.8. The Labute approximate surface area is 174 Å². The van der Waals surface area contributed by atoms with Crippen molar-refractivity contribution in [1.29, 1.82) is 0 Å². The highest BCUT2D eigenvalue weighted by Gasteiger charge is 1.96. The number of phenolic OH excluding ortho intramolecular Hbond substituents is 1. The van der Waals surface area contributed by atoms with Gasteiger partial charge in [-0.2, -0.15) is 0 Å². The van der Waals surface area contributed by atoms with Gasteiger partial charge in [0.25, 0.3) is 0 Å². The van der Waals surface area contributed by atoms with E-state index in [0.717, 1.165) is 11.1 Å². The number of carbonyl (C=O) groups excluding carboxylic acids is 2. The Hall–Kier alpha value is -3.27. The molecule has 1 N–H and O–H groups in total. The van der Waals surface area contributed by atoms with Crippen LogP contribution in [0.15, 0.2) is 73.1 Å². The van der Waals surface area contributed by atoms with Gasteiger partial charge in [0.2, 0.25) is 0 Å². The summed E-state index contributed by atoms with van der Waals surface area (Å²) in [7, 11) is 0. The van der Waals surface area contributed by atoms with Gasteiger partial charge in [-0.05, 0) is 75.7 Å². The summed E-state index contributed by atoms with van der Waals surface area (Å²) in [5.74, 6) is 0.328. The maximum Gasteiger partial charge on any atom is 0.159 e. The van der Waals surface area contributed by atoms with Crippen molar-refractivity contribution in [1.82, 2.24) is 4.98 Å². The molecule has 3 aromatic rings. The maximum absolute atomic E-state index is 10.8. The zero-order chi connectivity index (χ0) is 22.2. The number of aromatic nitrogens is 1. The number of pyridine rings is 1. The van der Waals surface area contributed by atoms with Gasteiger partial charge in [0.15, 0.2) is 11.6 Å². The van der Waals surface area contributed by atoms with E-state index in [1.165, 1.54) is 24.6 Å². The molecule has 0 aliphatic heterocycles. The Balaban J connectivity index is 0.000000394. The number of ketones is 2. The molecule has 0 unspecified atom stereocenters. The van der Waals surface area contributed by atoms with Gasteiger partial charge >= 0.3 is 0 Å². The number of nitrogens with zero attached hydrogens (tertiary/aromatic N) is 1. The van der Waals surface area contributed by atoms with E-state index >= 15 is 0 Å². The molecule has 0 amide bonds. The SMILES string of the molecule is CC.CC(=O)c1ccc(O)cc1.CC(=O)c1cccc(C)c1.Cc1ccncc1. The molecule has 0 aliphatic carbocycles. The molecule has 154 valence electrons. The lowest BCUT2D eigenvalue weighted by molar-refractivity contribution is 0.100. The number of phenols is 1. The van der Waals surface area contributed by atoms with E-state index in [4.69, 9.17) is 5.11 Å². The fourth-order valence-corrected chi connectivity index (χ4v) is 1.99. The van der Waals surface area contributed by atoms with Crippen molar-refractivity contribution in [3.05, 3.63) is 95.3 Å². The average molecular weight is 394 g/mol. The minimum atomic E-state index is 0.0139. The van der Waals surface area contributed by atoms with Crippen LogP contribution in [-0.4, -0.2) is 21.7 Å². The van der Waals surface area contributed by atoms with E-state index in [0.29, 0.717) is 5.56 Å². The summed E-state index contributed by atoms with van der Waals surface area (Å²) in [6.45, 7) is 11.1. The summed E-state index contributed by atoms with van der Waals surface area (Å²) in [5, 5.41) is 8.83. The Morgan fingerprint density at radius 1 is 0.724 bits per heavy atom. The second-order valence-corrected chi connectivity index (χ2v) is 6.05. The standard InChI is InChI=1S/C9H10O.C8H8O2.C6H7N.C2H6/c1-7-4-3-5-9(6-7)8(2)10;1-6(9)7-2-4-8(10)5-3-7;1-6-2-4-7-5-3-6;1-2/h3-6H,1-2H3;2-5,10H,1H3;2-5H,1H3;1-2H3. The molecule has 0 atom stereocenters. The van der Waals surface area contributed by atoms with E-state index in [1.807, 2.05) is 64.1 Å². The molecule has 0 bridgehead atoms. The Bertz CT molecular complexity index is 857. The van der Waals surface area contributed by atoms with Crippen LogP contribution < -0.4 is 0 Å². The Kier molecular flexibility index (Phi) is 13.1. The quantitative estimate of drug-likeness (QED) is 0.526. The van der Waals surface area contributed by atoms with Crippen LogP contribution in [0.1, 0.15) is 59.5 Å². The first-order chi connectivity index (χ1) is 13.8. The lowest BCUT2D eigenvalue weighted by Gasteiger charge is -1.94. The Morgan fingerprint density at radius 3 is 1.59 bits per heavy atom. The van der Waals surface area contributed by atoms with Gasteiger partial charge in [-0.1, -0.05) is 37.6 Å². The van der Waals surface area contributed by atoms with Crippen LogP contribution in [-0.2, 0) is 0 Å². The van der Waals surface area contributed by atoms with Gasteiger partial charge in [-0.3, -0.25) is 14.6 Å². The summed E-state index contributed by atoms with van der Waals surface area (Å²) >= 11 is 0. The van der Waals surface area contributed by atoms with Crippen molar-refractivity contribution in [2.45, 2.75) is 41.5 Å². The fourth-order valence-electron chi connectivity index (χ4n) is 1.99. The van der Waals surface area contributed by atoms with Crippen molar-refractivity contribution < 1.29 is 14.7 Å². The first-order valence-corrected chi connectivity index (χ1v) is 9.54. The molecular formula is C25H31NO3. The van der Waals surface area contributed by atoms with Gasteiger partial charge in [-0.25, -0.2) is 0 Å². The third kappa shape index (κ3) is 11.9. The molecule has 0 spiro atoms. The molecule has 0 radical (unpaired) electrons.